The molecule has 0 aliphatic carbocycles. The van der Waals surface area contributed by atoms with E-state index >= 15 is 0 Å². The molecule has 2 amide bonds. The van der Waals surface area contributed by atoms with E-state index in [2.05, 4.69) is 10.6 Å². The molecule has 0 saturated carbocycles. The number of piperidine rings is 1. The summed E-state index contributed by atoms with van der Waals surface area (Å²) < 4.78 is 27.7. The Kier molecular flexibility index (Phi) is 5.62. The van der Waals surface area contributed by atoms with Crippen LogP contribution in [0.4, 0.5) is 11.4 Å². The second-order valence-corrected chi connectivity index (χ2v) is 9.73. The van der Waals surface area contributed by atoms with Gasteiger partial charge in [-0.3, -0.25) is 9.59 Å². The average Bonchev–Trinajstić information content (AvgIpc) is 2.75. The van der Waals surface area contributed by atoms with Crippen LogP contribution in [0.5, 0.6) is 0 Å². The maximum Gasteiger partial charge on any atom is 0.243 e. The van der Waals surface area contributed by atoms with Gasteiger partial charge < -0.3 is 10.6 Å². The summed E-state index contributed by atoms with van der Waals surface area (Å²) in [4.78, 5) is 25.2. The molecular weight excluding hydrogens is 402 g/mol. The molecule has 8 heteroatoms. The molecule has 2 aliphatic heterocycles. The molecule has 158 valence electrons. The highest BCUT2D eigenvalue weighted by Gasteiger charge is 2.31. The van der Waals surface area contributed by atoms with Gasteiger partial charge in [0.25, 0.3) is 0 Å². The van der Waals surface area contributed by atoms with Gasteiger partial charge in [-0.15, -0.1) is 0 Å². The summed E-state index contributed by atoms with van der Waals surface area (Å²) in [7, 11) is -3.62. The van der Waals surface area contributed by atoms with Crippen LogP contribution in [-0.4, -0.2) is 37.6 Å². The lowest BCUT2D eigenvalue weighted by Gasteiger charge is -2.27. The first-order valence-corrected chi connectivity index (χ1v) is 11.6. The minimum Gasteiger partial charge on any atom is -0.326 e. The number of sulfonamides is 1. The first-order chi connectivity index (χ1) is 14.4. The van der Waals surface area contributed by atoms with E-state index < -0.39 is 15.9 Å². The summed E-state index contributed by atoms with van der Waals surface area (Å²) in [6.45, 7) is 2.79. The van der Waals surface area contributed by atoms with Crippen LogP contribution in [-0.2, 0) is 19.6 Å². The third-order valence-corrected chi connectivity index (χ3v) is 7.75. The lowest BCUT2D eigenvalue weighted by Crippen LogP contribution is -2.36. The summed E-state index contributed by atoms with van der Waals surface area (Å²) in [5.41, 5.74) is 2.43. The summed E-state index contributed by atoms with van der Waals surface area (Å²) in [5, 5.41) is 5.59. The molecule has 0 aromatic heterocycles. The van der Waals surface area contributed by atoms with Crippen molar-refractivity contribution in [2.45, 2.75) is 43.4 Å². The lowest BCUT2D eigenvalue weighted by atomic mass is 9.90. The van der Waals surface area contributed by atoms with Crippen LogP contribution in [0.1, 0.15) is 42.7 Å². The number of nitrogens with zero attached hydrogens (tertiary/aromatic N) is 1. The minimum atomic E-state index is -3.62. The Morgan fingerprint density at radius 3 is 2.60 bits per heavy atom. The van der Waals surface area contributed by atoms with E-state index in [-0.39, 0.29) is 23.1 Å². The van der Waals surface area contributed by atoms with E-state index in [0.29, 0.717) is 30.0 Å². The van der Waals surface area contributed by atoms with Crippen LogP contribution in [0, 0.1) is 6.92 Å². The number of hydrogen-bond donors (Lipinski definition) is 2. The van der Waals surface area contributed by atoms with Gasteiger partial charge in [-0.05, 0) is 49.1 Å². The number of nitrogens with one attached hydrogen (secondary N) is 2. The van der Waals surface area contributed by atoms with E-state index in [9.17, 15) is 18.0 Å². The lowest BCUT2D eigenvalue weighted by molar-refractivity contribution is -0.123. The number of fused-ring (bicyclic) bond motifs is 1. The van der Waals surface area contributed by atoms with Crippen LogP contribution in [0.15, 0.2) is 47.4 Å². The molecule has 2 N–H and O–H groups in total. The monoisotopic (exact) mass is 427 g/mol. The smallest absolute Gasteiger partial charge is 0.243 e. The second-order valence-electron chi connectivity index (χ2n) is 7.83. The molecular formula is C22H25N3O4S. The van der Waals surface area contributed by atoms with Gasteiger partial charge in [0.15, 0.2) is 0 Å². The van der Waals surface area contributed by atoms with Crippen LogP contribution in [0.3, 0.4) is 0 Å². The summed E-state index contributed by atoms with van der Waals surface area (Å²) in [6, 6.07) is 12.1. The number of rotatable bonds is 4. The van der Waals surface area contributed by atoms with Crippen molar-refractivity contribution in [3.05, 3.63) is 53.6 Å². The highest BCUT2D eigenvalue weighted by molar-refractivity contribution is 7.89. The van der Waals surface area contributed by atoms with Gasteiger partial charge in [-0.2, -0.15) is 4.31 Å². The molecule has 7 nitrogen and oxygen atoms in total. The largest absolute Gasteiger partial charge is 0.326 e. The van der Waals surface area contributed by atoms with Crippen LogP contribution in [0.25, 0.3) is 0 Å². The molecule has 2 aliphatic rings. The molecule has 30 heavy (non-hydrogen) atoms. The van der Waals surface area contributed by atoms with E-state index in [1.54, 1.807) is 31.2 Å². The number of anilines is 2. The number of amides is 2. The third kappa shape index (κ3) is 3.97. The third-order valence-electron chi connectivity index (χ3n) is 5.70. The van der Waals surface area contributed by atoms with Crippen LogP contribution in [0.2, 0.25) is 0 Å². The van der Waals surface area contributed by atoms with Gasteiger partial charge in [0, 0.05) is 30.9 Å². The zero-order valence-corrected chi connectivity index (χ0v) is 17.7. The molecule has 1 unspecified atom stereocenters. The molecule has 1 atom stereocenters. The Balaban J connectivity index is 1.60. The van der Waals surface area contributed by atoms with E-state index in [0.717, 1.165) is 24.8 Å². The zero-order valence-electron chi connectivity index (χ0n) is 16.8. The van der Waals surface area contributed by atoms with E-state index in [1.165, 1.54) is 10.4 Å². The SMILES string of the molecule is Cc1ccc(NC(=O)C2CC(=O)Nc3ccccc32)cc1S(=O)(=O)N1CCCCC1. The molecule has 0 radical (unpaired) electrons. The number of benzene rings is 2. The van der Waals surface area contributed by atoms with Gasteiger partial charge >= 0.3 is 0 Å². The fourth-order valence-electron chi connectivity index (χ4n) is 4.07. The van der Waals surface area contributed by atoms with Crippen molar-refractivity contribution >= 4 is 33.2 Å². The van der Waals surface area contributed by atoms with E-state index in [1.807, 2.05) is 12.1 Å². The quantitative estimate of drug-likeness (QED) is 0.783. The Hall–Kier alpha value is -2.71. The average molecular weight is 428 g/mol. The number of aryl methyl sites for hydroxylation is 1. The molecule has 2 aromatic rings. The van der Waals surface area contributed by atoms with Crippen molar-refractivity contribution in [2.75, 3.05) is 23.7 Å². The van der Waals surface area contributed by atoms with Crippen molar-refractivity contribution < 1.29 is 18.0 Å². The summed E-state index contributed by atoms with van der Waals surface area (Å²) in [5.74, 6) is -1.17. The van der Waals surface area contributed by atoms with Gasteiger partial charge in [0.2, 0.25) is 21.8 Å². The van der Waals surface area contributed by atoms with Gasteiger partial charge in [-0.25, -0.2) is 8.42 Å². The fourth-order valence-corrected chi connectivity index (χ4v) is 5.84. The van der Waals surface area contributed by atoms with Crippen molar-refractivity contribution in [2.24, 2.45) is 0 Å². The highest BCUT2D eigenvalue weighted by atomic mass is 32.2. The molecule has 0 bridgehead atoms. The first kappa shape index (κ1) is 20.6. The minimum absolute atomic E-state index is 0.0492. The van der Waals surface area contributed by atoms with Crippen molar-refractivity contribution in [3.63, 3.8) is 0 Å². The normalized spacial score (nSPS) is 19.6. The number of carbonyl (C=O) groups excluding carboxylic acids is 2. The Morgan fingerprint density at radius 1 is 1.10 bits per heavy atom. The van der Waals surface area contributed by atoms with Crippen molar-refractivity contribution in [1.29, 1.82) is 0 Å². The number of carbonyl (C=O) groups is 2. The molecule has 1 saturated heterocycles. The van der Waals surface area contributed by atoms with E-state index in [4.69, 9.17) is 0 Å². The number of para-hydroxylation sites is 1. The maximum absolute atomic E-state index is 13.1. The van der Waals surface area contributed by atoms with Crippen molar-refractivity contribution in [1.82, 2.24) is 4.31 Å². The zero-order chi connectivity index (χ0) is 21.3. The molecule has 1 fully saturated rings. The molecule has 4 rings (SSSR count). The topological polar surface area (TPSA) is 95.6 Å². The maximum atomic E-state index is 13.1. The fraction of sp³-hybridized carbons (Fsp3) is 0.364. The predicted octanol–water partition coefficient (Wildman–Crippen LogP) is 3.23. The first-order valence-electron chi connectivity index (χ1n) is 10.2. The molecule has 2 aromatic carbocycles. The number of hydrogen-bond acceptors (Lipinski definition) is 4. The van der Waals surface area contributed by atoms with Crippen LogP contribution >= 0.6 is 0 Å². The summed E-state index contributed by atoms with van der Waals surface area (Å²) in [6.07, 6.45) is 2.81. The Labute approximate surface area is 176 Å². The Bertz CT molecular complexity index is 1090. The Morgan fingerprint density at radius 2 is 1.83 bits per heavy atom. The van der Waals surface area contributed by atoms with Gasteiger partial charge in [0.05, 0.1) is 10.8 Å². The molecule has 2 heterocycles. The van der Waals surface area contributed by atoms with Gasteiger partial charge in [0.1, 0.15) is 0 Å². The van der Waals surface area contributed by atoms with Crippen molar-refractivity contribution in [3.8, 4) is 0 Å². The predicted molar refractivity (Wildman–Crippen MR) is 115 cm³/mol. The van der Waals surface area contributed by atoms with Crippen LogP contribution < -0.4 is 10.6 Å². The highest BCUT2D eigenvalue weighted by Crippen LogP contribution is 2.33. The second kappa shape index (κ2) is 8.20. The standard InChI is InChI=1S/C22H25N3O4S/c1-15-9-10-16(13-20(15)30(28,29)25-11-5-2-6-12-25)23-22(27)18-14-21(26)24-19-8-4-3-7-17(18)19/h3-4,7-10,13,18H,2,5-6,11-12,14H2,1H3,(H,23,27)(H,24,26). The summed E-state index contributed by atoms with van der Waals surface area (Å²) >= 11 is 0. The molecule has 0 spiro atoms. The van der Waals surface area contributed by atoms with Gasteiger partial charge in [-0.1, -0.05) is 30.7 Å².